The molecule has 0 spiro atoms. The minimum Gasteiger partial charge on any atom is -0.465 e. The number of hydrogen-bond acceptors (Lipinski definition) is 7. The van der Waals surface area contributed by atoms with Gasteiger partial charge in [-0.1, -0.05) is 18.2 Å². The van der Waals surface area contributed by atoms with Crippen LogP contribution < -0.4 is 9.62 Å². The molecule has 182 valence electrons. The molecule has 0 fully saturated rings. The lowest BCUT2D eigenvalue weighted by Crippen LogP contribution is -2.29. The minimum absolute atomic E-state index is 0.121. The van der Waals surface area contributed by atoms with Crippen LogP contribution in [0.2, 0.25) is 0 Å². The molecule has 2 aromatic carbocycles. The maximum Gasteiger partial charge on any atom is 0.341 e. The summed E-state index contributed by atoms with van der Waals surface area (Å²) in [5.41, 5.74) is 3.31. The number of thiophene rings is 1. The van der Waals surface area contributed by atoms with Crippen LogP contribution in [0.5, 0.6) is 0 Å². The molecule has 0 saturated carbocycles. The van der Waals surface area contributed by atoms with Crippen molar-refractivity contribution in [1.82, 2.24) is 4.90 Å². The summed E-state index contributed by atoms with van der Waals surface area (Å²) < 4.78 is 32.8. The Balaban J connectivity index is 1.38. The predicted molar refractivity (Wildman–Crippen MR) is 135 cm³/mol. The number of nitrogens with zero attached hydrogens (tertiary/aromatic N) is 2. The SMILES string of the molecule is COC(=O)c1c(NC(=O)c2ccc(S(=O)(=O)N3CCc4ccccc43)cc2)sc2c1CCN(C)C2. The summed E-state index contributed by atoms with van der Waals surface area (Å²) in [5.74, 6) is -0.896. The Kier molecular flexibility index (Phi) is 6.12. The number of ether oxygens (including phenoxy) is 1. The first-order chi connectivity index (χ1) is 16.8. The van der Waals surface area contributed by atoms with Crippen LogP contribution in [0.4, 0.5) is 10.7 Å². The molecule has 0 saturated heterocycles. The van der Waals surface area contributed by atoms with Crippen molar-refractivity contribution in [3.8, 4) is 0 Å². The van der Waals surface area contributed by atoms with E-state index in [2.05, 4.69) is 10.2 Å². The van der Waals surface area contributed by atoms with Gasteiger partial charge in [-0.2, -0.15) is 0 Å². The highest BCUT2D eigenvalue weighted by molar-refractivity contribution is 7.92. The molecule has 0 unspecified atom stereocenters. The number of carbonyl (C=O) groups is 2. The van der Waals surface area contributed by atoms with E-state index in [1.54, 1.807) is 6.07 Å². The van der Waals surface area contributed by atoms with E-state index in [0.29, 0.717) is 47.7 Å². The van der Waals surface area contributed by atoms with Crippen LogP contribution in [0.15, 0.2) is 53.4 Å². The van der Waals surface area contributed by atoms with Crippen molar-refractivity contribution in [2.75, 3.05) is 36.9 Å². The molecule has 2 aliphatic heterocycles. The first-order valence-corrected chi connectivity index (χ1v) is 13.5. The summed E-state index contributed by atoms with van der Waals surface area (Å²) in [6.45, 7) is 1.91. The number of carbonyl (C=O) groups excluding carboxylic acids is 2. The second-order valence-electron chi connectivity index (χ2n) is 8.62. The Labute approximate surface area is 208 Å². The molecular weight excluding hydrogens is 486 g/mol. The maximum absolute atomic E-state index is 13.2. The molecule has 1 aromatic heterocycles. The van der Waals surface area contributed by atoms with Gasteiger partial charge in [0.25, 0.3) is 15.9 Å². The van der Waals surface area contributed by atoms with Gasteiger partial charge in [-0.05, 0) is 61.3 Å². The smallest absolute Gasteiger partial charge is 0.341 e. The molecule has 0 atom stereocenters. The molecule has 8 nitrogen and oxygen atoms in total. The highest BCUT2D eigenvalue weighted by atomic mass is 32.2. The Morgan fingerprint density at radius 1 is 1.03 bits per heavy atom. The minimum atomic E-state index is -3.74. The van der Waals surface area contributed by atoms with Crippen molar-refractivity contribution in [1.29, 1.82) is 0 Å². The highest BCUT2D eigenvalue weighted by Gasteiger charge is 2.31. The standard InChI is InChI=1S/C25H25N3O5S2/c1-27-13-12-19-21(15-27)34-24(22(19)25(30)33-2)26-23(29)17-7-9-18(10-8-17)35(31,32)28-14-11-16-5-3-4-6-20(16)28/h3-10H,11-15H2,1-2H3,(H,26,29). The van der Waals surface area contributed by atoms with E-state index in [-0.39, 0.29) is 4.90 Å². The van der Waals surface area contributed by atoms with Gasteiger partial charge in [0.05, 0.1) is 23.3 Å². The third-order valence-electron chi connectivity index (χ3n) is 6.41. The number of fused-ring (bicyclic) bond motifs is 2. The summed E-state index contributed by atoms with van der Waals surface area (Å²) >= 11 is 1.37. The van der Waals surface area contributed by atoms with Crippen LogP contribution in [0.25, 0.3) is 0 Å². The van der Waals surface area contributed by atoms with Gasteiger partial charge in [0.2, 0.25) is 0 Å². The molecule has 1 amide bonds. The molecule has 0 aliphatic carbocycles. The van der Waals surface area contributed by atoms with E-state index in [0.717, 1.165) is 22.5 Å². The summed E-state index contributed by atoms with van der Waals surface area (Å²) in [6.07, 6.45) is 1.37. The van der Waals surface area contributed by atoms with Crippen molar-refractivity contribution in [2.45, 2.75) is 24.3 Å². The summed E-state index contributed by atoms with van der Waals surface area (Å²) in [7, 11) is -0.411. The number of benzene rings is 2. The van der Waals surface area contributed by atoms with Gasteiger partial charge in [-0.25, -0.2) is 13.2 Å². The molecule has 5 rings (SSSR count). The number of rotatable bonds is 5. The van der Waals surface area contributed by atoms with Crippen molar-refractivity contribution >= 4 is 43.9 Å². The lowest BCUT2D eigenvalue weighted by molar-refractivity contribution is 0.0600. The zero-order valence-electron chi connectivity index (χ0n) is 19.4. The van der Waals surface area contributed by atoms with Crippen LogP contribution in [-0.4, -0.2) is 52.4 Å². The van der Waals surface area contributed by atoms with Crippen molar-refractivity contribution < 1.29 is 22.7 Å². The van der Waals surface area contributed by atoms with Gasteiger partial charge in [0.15, 0.2) is 0 Å². The van der Waals surface area contributed by atoms with Crippen LogP contribution in [0.3, 0.4) is 0 Å². The molecule has 1 N–H and O–H groups in total. The summed E-state index contributed by atoms with van der Waals surface area (Å²) in [6, 6.07) is 13.3. The lowest BCUT2D eigenvalue weighted by atomic mass is 10.0. The number of esters is 1. The quantitative estimate of drug-likeness (QED) is 0.527. The molecule has 3 aromatic rings. The first kappa shape index (κ1) is 23.5. The van der Waals surface area contributed by atoms with Gasteiger partial charge in [0.1, 0.15) is 5.00 Å². The Bertz CT molecular complexity index is 1410. The predicted octanol–water partition coefficient (Wildman–Crippen LogP) is 3.53. The fourth-order valence-corrected chi connectivity index (χ4v) is 7.39. The van der Waals surface area contributed by atoms with E-state index in [4.69, 9.17) is 4.74 Å². The molecule has 0 radical (unpaired) electrons. The molecule has 10 heteroatoms. The number of methoxy groups -OCH3 is 1. The van der Waals surface area contributed by atoms with E-state index in [9.17, 15) is 18.0 Å². The second-order valence-corrected chi connectivity index (χ2v) is 11.6. The fraction of sp³-hybridized carbons (Fsp3) is 0.280. The third-order valence-corrected chi connectivity index (χ3v) is 9.37. The zero-order valence-corrected chi connectivity index (χ0v) is 21.0. The monoisotopic (exact) mass is 511 g/mol. The van der Waals surface area contributed by atoms with E-state index in [1.807, 2.05) is 25.2 Å². The van der Waals surface area contributed by atoms with Crippen LogP contribution in [-0.2, 0) is 34.1 Å². The maximum atomic E-state index is 13.2. The van der Waals surface area contributed by atoms with Gasteiger partial charge >= 0.3 is 5.97 Å². The second kappa shape index (κ2) is 9.10. The van der Waals surface area contributed by atoms with Crippen LogP contribution in [0.1, 0.15) is 36.7 Å². The molecule has 0 bridgehead atoms. The lowest BCUT2D eigenvalue weighted by Gasteiger charge is -2.22. The van der Waals surface area contributed by atoms with E-state index < -0.39 is 21.9 Å². The van der Waals surface area contributed by atoms with Crippen LogP contribution in [0, 0.1) is 0 Å². The van der Waals surface area contributed by atoms with Gasteiger partial charge in [0, 0.05) is 30.1 Å². The Hall–Kier alpha value is -3.21. The van der Waals surface area contributed by atoms with Gasteiger partial charge in [-0.15, -0.1) is 11.3 Å². The first-order valence-electron chi connectivity index (χ1n) is 11.2. The molecule has 3 heterocycles. The number of anilines is 2. The normalized spacial score (nSPS) is 15.4. The number of para-hydroxylation sites is 1. The number of sulfonamides is 1. The van der Waals surface area contributed by atoms with Crippen molar-refractivity contribution in [3.63, 3.8) is 0 Å². The topological polar surface area (TPSA) is 96.0 Å². The Morgan fingerprint density at radius 3 is 2.51 bits per heavy atom. The average molecular weight is 512 g/mol. The third kappa shape index (κ3) is 4.22. The van der Waals surface area contributed by atoms with E-state index in [1.165, 1.54) is 47.0 Å². The molecular formula is C25H25N3O5S2. The number of nitrogens with one attached hydrogen (secondary N) is 1. The number of likely N-dealkylation sites (N-methyl/N-ethyl adjacent to an activating group) is 1. The van der Waals surface area contributed by atoms with Crippen molar-refractivity contribution in [3.05, 3.63) is 75.7 Å². The summed E-state index contributed by atoms with van der Waals surface area (Å²) in [5, 5.41) is 3.29. The van der Waals surface area contributed by atoms with E-state index >= 15 is 0 Å². The number of amides is 1. The largest absolute Gasteiger partial charge is 0.465 e. The molecule has 2 aliphatic rings. The van der Waals surface area contributed by atoms with Gasteiger partial charge in [-0.3, -0.25) is 9.10 Å². The molecule has 35 heavy (non-hydrogen) atoms. The van der Waals surface area contributed by atoms with Crippen LogP contribution >= 0.6 is 11.3 Å². The van der Waals surface area contributed by atoms with Gasteiger partial charge < -0.3 is 15.0 Å². The average Bonchev–Trinajstić information content (AvgIpc) is 3.45. The fourth-order valence-electron chi connectivity index (χ4n) is 4.58. The summed E-state index contributed by atoms with van der Waals surface area (Å²) in [4.78, 5) is 28.8. The highest BCUT2D eigenvalue weighted by Crippen LogP contribution is 2.38. The zero-order chi connectivity index (χ0) is 24.7. The van der Waals surface area contributed by atoms with Crippen molar-refractivity contribution in [2.24, 2.45) is 0 Å². The number of hydrogen-bond donors (Lipinski definition) is 1. The Morgan fingerprint density at radius 2 is 1.77 bits per heavy atom.